The molecule has 1 aromatic rings. The van der Waals surface area contributed by atoms with Crippen molar-refractivity contribution < 1.29 is 14.6 Å². The highest BCUT2D eigenvalue weighted by Crippen LogP contribution is 2.10. The van der Waals surface area contributed by atoms with Gasteiger partial charge in [0.15, 0.2) is 6.10 Å². The average molecular weight is 226 g/mol. The van der Waals surface area contributed by atoms with Crippen molar-refractivity contribution in [3.63, 3.8) is 0 Å². The minimum absolute atomic E-state index is 0.191. The van der Waals surface area contributed by atoms with E-state index in [-0.39, 0.29) is 6.42 Å². The zero-order valence-corrected chi connectivity index (χ0v) is 9.88. The second kappa shape index (κ2) is 5.65. The number of rotatable bonds is 5. The van der Waals surface area contributed by atoms with E-state index < -0.39 is 12.1 Å². The van der Waals surface area contributed by atoms with E-state index in [1.54, 1.807) is 6.07 Å². The van der Waals surface area contributed by atoms with Gasteiger partial charge in [0.25, 0.3) is 0 Å². The monoisotopic (exact) mass is 226 g/mol. The molecule has 0 aliphatic carbocycles. The number of methoxy groups -OCH3 is 1. The molecule has 90 valence electrons. The molecule has 0 bridgehead atoms. The Bertz CT molecular complexity index is 349. The molecule has 0 radical (unpaired) electrons. The highest BCUT2D eigenvalue weighted by atomic mass is 16.5. The lowest BCUT2D eigenvalue weighted by atomic mass is 10.2. The van der Waals surface area contributed by atoms with Gasteiger partial charge in [0.05, 0.1) is 12.8 Å². The zero-order valence-electron chi connectivity index (χ0n) is 9.88. The highest BCUT2D eigenvalue weighted by Gasteiger charge is 2.17. The molecule has 0 saturated carbocycles. The summed E-state index contributed by atoms with van der Waals surface area (Å²) in [6, 6.07) is 2.13. The lowest BCUT2D eigenvalue weighted by molar-refractivity contribution is -0.150. The Balaban J connectivity index is 2.61. The van der Waals surface area contributed by atoms with Gasteiger partial charge in [0.1, 0.15) is 0 Å². The third-order valence-electron chi connectivity index (χ3n) is 2.58. The fourth-order valence-electron chi connectivity index (χ4n) is 1.34. The number of carbonyl (C=O) groups is 1. The van der Waals surface area contributed by atoms with Crippen LogP contribution in [-0.2, 0) is 16.0 Å². The number of nitrogens with zero attached hydrogens (tertiary/aromatic N) is 2. The Hall–Kier alpha value is -1.36. The van der Waals surface area contributed by atoms with Gasteiger partial charge < -0.3 is 9.84 Å². The van der Waals surface area contributed by atoms with Gasteiger partial charge >= 0.3 is 5.97 Å². The second-order valence-corrected chi connectivity index (χ2v) is 3.79. The Morgan fingerprint density at radius 2 is 2.38 bits per heavy atom. The molecule has 5 heteroatoms. The molecule has 0 aromatic carbocycles. The molecule has 0 aliphatic heterocycles. The fourth-order valence-corrected chi connectivity index (χ4v) is 1.34. The maximum absolute atomic E-state index is 11.0. The summed E-state index contributed by atoms with van der Waals surface area (Å²) in [4.78, 5) is 11.0. The van der Waals surface area contributed by atoms with E-state index in [1.165, 1.54) is 7.11 Å². The first-order valence-corrected chi connectivity index (χ1v) is 5.38. The van der Waals surface area contributed by atoms with Crippen LogP contribution in [0.15, 0.2) is 12.3 Å². The standard InChI is InChI=1S/C11H18N2O3/c1-4-8(2)13-6-5-9(12-13)7-10(14)11(15)16-3/h5-6,8,10,14H,4,7H2,1-3H3. The summed E-state index contributed by atoms with van der Waals surface area (Å²) in [5.74, 6) is -0.627. The number of aromatic nitrogens is 2. The molecule has 1 aromatic heterocycles. The van der Waals surface area contributed by atoms with E-state index in [0.717, 1.165) is 6.42 Å². The lowest BCUT2D eigenvalue weighted by Gasteiger charge is -2.09. The van der Waals surface area contributed by atoms with Gasteiger partial charge in [0, 0.05) is 18.7 Å². The zero-order chi connectivity index (χ0) is 12.1. The summed E-state index contributed by atoms with van der Waals surface area (Å²) in [6.45, 7) is 4.14. The van der Waals surface area contributed by atoms with E-state index in [4.69, 9.17) is 0 Å². The molecule has 0 aliphatic rings. The third-order valence-corrected chi connectivity index (χ3v) is 2.58. The van der Waals surface area contributed by atoms with Gasteiger partial charge in [-0.3, -0.25) is 4.68 Å². The van der Waals surface area contributed by atoms with E-state index >= 15 is 0 Å². The number of aliphatic hydroxyl groups is 1. The molecule has 1 rings (SSSR count). The summed E-state index contributed by atoms with van der Waals surface area (Å²) in [5, 5.41) is 13.7. The molecular formula is C11H18N2O3. The lowest BCUT2D eigenvalue weighted by Crippen LogP contribution is -2.24. The normalized spacial score (nSPS) is 14.5. The van der Waals surface area contributed by atoms with Gasteiger partial charge in [-0.1, -0.05) is 6.92 Å². The van der Waals surface area contributed by atoms with Crippen LogP contribution in [0.1, 0.15) is 32.0 Å². The fraction of sp³-hybridized carbons (Fsp3) is 0.636. The number of esters is 1. The third kappa shape index (κ3) is 3.06. The first-order valence-electron chi connectivity index (χ1n) is 5.38. The summed E-state index contributed by atoms with van der Waals surface area (Å²) in [7, 11) is 1.25. The van der Waals surface area contributed by atoms with Gasteiger partial charge in [-0.15, -0.1) is 0 Å². The van der Waals surface area contributed by atoms with Crippen molar-refractivity contribution in [2.75, 3.05) is 7.11 Å². The summed E-state index contributed by atoms with van der Waals surface area (Å²) < 4.78 is 6.27. The molecule has 2 unspecified atom stereocenters. The molecule has 2 atom stereocenters. The van der Waals surface area contributed by atoms with Crippen molar-refractivity contribution in [1.82, 2.24) is 9.78 Å². The largest absolute Gasteiger partial charge is 0.467 e. The maximum Gasteiger partial charge on any atom is 0.335 e. The van der Waals surface area contributed by atoms with Crippen LogP contribution in [-0.4, -0.2) is 34.1 Å². The Morgan fingerprint density at radius 3 is 2.94 bits per heavy atom. The van der Waals surface area contributed by atoms with Crippen molar-refractivity contribution >= 4 is 5.97 Å². The van der Waals surface area contributed by atoms with Crippen LogP contribution in [0, 0.1) is 0 Å². The van der Waals surface area contributed by atoms with Crippen molar-refractivity contribution in [2.24, 2.45) is 0 Å². The SMILES string of the molecule is CCC(C)n1ccc(CC(O)C(=O)OC)n1. The Morgan fingerprint density at radius 1 is 1.69 bits per heavy atom. The predicted molar refractivity (Wildman–Crippen MR) is 59.0 cm³/mol. The quantitative estimate of drug-likeness (QED) is 0.759. The first-order chi connectivity index (χ1) is 7.58. The number of aliphatic hydroxyl groups excluding tert-OH is 1. The molecule has 0 spiro atoms. The van der Waals surface area contributed by atoms with Crippen molar-refractivity contribution in [3.05, 3.63) is 18.0 Å². The smallest absolute Gasteiger partial charge is 0.335 e. The van der Waals surface area contributed by atoms with Crippen LogP contribution in [0.4, 0.5) is 0 Å². The molecule has 0 fully saturated rings. The Kier molecular flexibility index (Phi) is 4.49. The van der Waals surface area contributed by atoms with Crippen molar-refractivity contribution in [1.29, 1.82) is 0 Å². The first kappa shape index (κ1) is 12.7. The van der Waals surface area contributed by atoms with Crippen LogP contribution < -0.4 is 0 Å². The average Bonchev–Trinajstić information content (AvgIpc) is 2.75. The highest BCUT2D eigenvalue weighted by molar-refractivity contribution is 5.74. The minimum atomic E-state index is -1.13. The number of ether oxygens (including phenoxy) is 1. The minimum Gasteiger partial charge on any atom is -0.467 e. The van der Waals surface area contributed by atoms with Crippen LogP contribution >= 0.6 is 0 Å². The van der Waals surface area contributed by atoms with Crippen LogP contribution in [0.5, 0.6) is 0 Å². The number of hydrogen-bond acceptors (Lipinski definition) is 4. The molecule has 16 heavy (non-hydrogen) atoms. The Labute approximate surface area is 95.0 Å². The number of hydrogen-bond donors (Lipinski definition) is 1. The van der Waals surface area contributed by atoms with E-state index in [9.17, 15) is 9.90 Å². The van der Waals surface area contributed by atoms with Crippen LogP contribution in [0.2, 0.25) is 0 Å². The molecule has 0 amide bonds. The maximum atomic E-state index is 11.0. The van der Waals surface area contributed by atoms with Gasteiger partial charge in [-0.25, -0.2) is 4.79 Å². The van der Waals surface area contributed by atoms with E-state index in [1.807, 2.05) is 10.9 Å². The molecule has 1 heterocycles. The van der Waals surface area contributed by atoms with Crippen LogP contribution in [0.25, 0.3) is 0 Å². The molecular weight excluding hydrogens is 208 g/mol. The van der Waals surface area contributed by atoms with E-state index in [2.05, 4.69) is 23.7 Å². The molecule has 0 saturated heterocycles. The summed E-state index contributed by atoms with van der Waals surface area (Å²) >= 11 is 0. The topological polar surface area (TPSA) is 64.4 Å². The molecule has 5 nitrogen and oxygen atoms in total. The van der Waals surface area contributed by atoms with Crippen molar-refractivity contribution in [3.8, 4) is 0 Å². The molecule has 1 N–H and O–H groups in total. The van der Waals surface area contributed by atoms with Gasteiger partial charge in [-0.05, 0) is 19.4 Å². The number of carbonyl (C=O) groups excluding carboxylic acids is 1. The van der Waals surface area contributed by atoms with Gasteiger partial charge in [0.2, 0.25) is 0 Å². The van der Waals surface area contributed by atoms with E-state index in [0.29, 0.717) is 11.7 Å². The summed E-state index contributed by atoms with van der Waals surface area (Å²) in [6.07, 6.45) is 1.90. The second-order valence-electron chi connectivity index (χ2n) is 3.79. The van der Waals surface area contributed by atoms with Crippen molar-refractivity contribution in [2.45, 2.75) is 38.8 Å². The summed E-state index contributed by atoms with van der Waals surface area (Å²) in [5.41, 5.74) is 0.693. The predicted octanol–water partition coefficient (Wildman–Crippen LogP) is 0.930. The van der Waals surface area contributed by atoms with Gasteiger partial charge in [-0.2, -0.15) is 5.10 Å². The van der Waals surface area contributed by atoms with Crippen LogP contribution in [0.3, 0.4) is 0 Å².